The van der Waals surface area contributed by atoms with Crippen LogP contribution in [0, 0.1) is 0 Å². The molecule has 6 heteroatoms. The third-order valence-electron chi connectivity index (χ3n) is 4.08. The third kappa shape index (κ3) is 2.83. The highest BCUT2D eigenvalue weighted by Crippen LogP contribution is 2.34. The zero-order valence-corrected chi connectivity index (χ0v) is 12.7. The first-order valence-electron chi connectivity index (χ1n) is 7.13. The van der Waals surface area contributed by atoms with Gasteiger partial charge in [-0.2, -0.15) is 0 Å². The molecular formula is C14H21ClN2O3. The summed E-state index contributed by atoms with van der Waals surface area (Å²) in [6, 6.07) is -0.256. The summed E-state index contributed by atoms with van der Waals surface area (Å²) in [6.07, 6.45) is 4.79. The Morgan fingerprint density at radius 3 is 2.60 bits per heavy atom. The first kappa shape index (κ1) is 15.3. The molecule has 1 aliphatic rings. The van der Waals surface area contributed by atoms with Crippen LogP contribution in [0.15, 0.2) is 9.59 Å². The molecule has 0 saturated heterocycles. The maximum absolute atomic E-state index is 12.7. The highest BCUT2D eigenvalue weighted by molar-refractivity contribution is 6.30. The summed E-state index contributed by atoms with van der Waals surface area (Å²) in [6.45, 7) is 2.27. The van der Waals surface area contributed by atoms with E-state index < -0.39 is 5.69 Å². The summed E-state index contributed by atoms with van der Waals surface area (Å²) in [5.74, 6) is 0.165. The number of hydrogen-bond donors (Lipinski definition) is 1. The van der Waals surface area contributed by atoms with Crippen LogP contribution in [0.3, 0.4) is 0 Å². The molecule has 1 aromatic heterocycles. The van der Waals surface area contributed by atoms with E-state index in [1.807, 2.05) is 6.92 Å². The molecule has 0 aromatic carbocycles. The molecule has 1 atom stereocenters. The van der Waals surface area contributed by atoms with E-state index in [0.717, 1.165) is 25.7 Å². The zero-order valence-electron chi connectivity index (χ0n) is 11.9. The lowest BCUT2D eigenvalue weighted by molar-refractivity contribution is 0.149. The molecule has 1 aromatic rings. The summed E-state index contributed by atoms with van der Waals surface area (Å²) in [4.78, 5) is 27.4. The SMILES string of the molecule is CCC(COC)n1c(=O)[nH]c(Cl)c(C2CCCC2)c1=O. The number of rotatable bonds is 5. The first-order chi connectivity index (χ1) is 9.60. The van der Waals surface area contributed by atoms with E-state index in [9.17, 15) is 9.59 Å². The Morgan fingerprint density at radius 1 is 1.40 bits per heavy atom. The molecule has 2 rings (SSSR count). The molecule has 5 nitrogen and oxygen atoms in total. The molecule has 20 heavy (non-hydrogen) atoms. The lowest BCUT2D eigenvalue weighted by atomic mass is 10.0. The van der Waals surface area contributed by atoms with Crippen LogP contribution in [0.25, 0.3) is 0 Å². The average Bonchev–Trinajstić information content (AvgIpc) is 2.90. The van der Waals surface area contributed by atoms with E-state index >= 15 is 0 Å². The Balaban J connectivity index is 2.54. The zero-order chi connectivity index (χ0) is 14.7. The topological polar surface area (TPSA) is 64.1 Å². The van der Waals surface area contributed by atoms with Gasteiger partial charge in [-0.05, 0) is 25.2 Å². The number of hydrogen-bond acceptors (Lipinski definition) is 3. The molecule has 0 bridgehead atoms. The van der Waals surface area contributed by atoms with Crippen LogP contribution < -0.4 is 11.2 Å². The molecule has 1 saturated carbocycles. The summed E-state index contributed by atoms with van der Waals surface area (Å²) < 4.78 is 6.38. The van der Waals surface area contributed by atoms with Crippen molar-refractivity contribution in [2.45, 2.75) is 51.0 Å². The Labute approximate surface area is 122 Å². The lowest BCUT2D eigenvalue weighted by Gasteiger charge is -2.19. The number of H-pyrrole nitrogens is 1. The maximum Gasteiger partial charge on any atom is 0.329 e. The lowest BCUT2D eigenvalue weighted by Crippen LogP contribution is -2.41. The summed E-state index contributed by atoms with van der Waals surface area (Å²) >= 11 is 6.11. The van der Waals surface area contributed by atoms with Crippen molar-refractivity contribution < 1.29 is 4.74 Å². The van der Waals surface area contributed by atoms with Gasteiger partial charge >= 0.3 is 5.69 Å². The minimum Gasteiger partial charge on any atom is -0.383 e. The van der Waals surface area contributed by atoms with Crippen molar-refractivity contribution in [3.8, 4) is 0 Å². The molecule has 1 heterocycles. The van der Waals surface area contributed by atoms with Crippen molar-refractivity contribution in [1.82, 2.24) is 9.55 Å². The van der Waals surface area contributed by atoms with Crippen LogP contribution in [-0.4, -0.2) is 23.3 Å². The van der Waals surface area contributed by atoms with Gasteiger partial charge in [0.1, 0.15) is 5.15 Å². The van der Waals surface area contributed by atoms with Crippen LogP contribution in [0.1, 0.15) is 56.6 Å². The predicted octanol–water partition coefficient (Wildman–Crippen LogP) is 2.45. The molecule has 0 radical (unpaired) electrons. The fraction of sp³-hybridized carbons (Fsp3) is 0.714. The first-order valence-corrected chi connectivity index (χ1v) is 7.51. The molecule has 1 aliphatic carbocycles. The summed E-state index contributed by atoms with van der Waals surface area (Å²) in [5, 5.41) is 0.204. The van der Waals surface area contributed by atoms with Crippen molar-refractivity contribution in [2.75, 3.05) is 13.7 Å². The van der Waals surface area contributed by atoms with Crippen molar-refractivity contribution in [1.29, 1.82) is 0 Å². The minimum absolute atomic E-state index is 0.165. The fourth-order valence-electron chi connectivity index (χ4n) is 3.00. The predicted molar refractivity (Wildman–Crippen MR) is 78.7 cm³/mol. The van der Waals surface area contributed by atoms with Crippen molar-refractivity contribution in [3.05, 3.63) is 31.6 Å². The monoisotopic (exact) mass is 300 g/mol. The molecule has 1 N–H and O–H groups in total. The van der Waals surface area contributed by atoms with E-state index in [2.05, 4.69) is 4.98 Å². The number of aromatic amines is 1. The fourth-order valence-corrected chi connectivity index (χ4v) is 3.32. The summed E-state index contributed by atoms with van der Waals surface area (Å²) in [7, 11) is 1.57. The van der Waals surface area contributed by atoms with Crippen molar-refractivity contribution >= 4 is 11.6 Å². The quantitative estimate of drug-likeness (QED) is 0.850. The van der Waals surface area contributed by atoms with Gasteiger partial charge in [-0.15, -0.1) is 0 Å². The second-order valence-corrected chi connectivity index (χ2v) is 5.71. The standard InChI is InChI=1S/C14H21ClN2O3/c1-3-10(8-20-2)17-13(18)11(9-6-4-5-7-9)12(15)16-14(17)19/h9-10H,3-8H2,1-2H3,(H,16,19). The molecule has 1 unspecified atom stereocenters. The maximum atomic E-state index is 12.7. The van der Waals surface area contributed by atoms with Crippen LogP contribution >= 0.6 is 11.6 Å². The Hall–Kier alpha value is -1.07. The Kier molecular flexibility index (Phi) is 5.05. The normalized spacial score (nSPS) is 17.6. The molecule has 0 aliphatic heterocycles. The van der Waals surface area contributed by atoms with Gasteiger partial charge in [0.15, 0.2) is 0 Å². The van der Waals surface area contributed by atoms with E-state index in [1.165, 1.54) is 4.57 Å². The number of nitrogens with one attached hydrogen (secondary N) is 1. The number of aromatic nitrogens is 2. The minimum atomic E-state index is -0.453. The van der Waals surface area contributed by atoms with Gasteiger partial charge in [0.25, 0.3) is 5.56 Å². The van der Waals surface area contributed by atoms with Gasteiger partial charge in [0.05, 0.1) is 18.2 Å². The van der Waals surface area contributed by atoms with Gasteiger partial charge in [-0.3, -0.25) is 14.3 Å². The molecular weight excluding hydrogens is 280 g/mol. The van der Waals surface area contributed by atoms with Crippen LogP contribution in [-0.2, 0) is 4.74 Å². The van der Waals surface area contributed by atoms with Crippen LogP contribution in [0.2, 0.25) is 5.15 Å². The number of halogens is 1. The second-order valence-electron chi connectivity index (χ2n) is 5.33. The number of methoxy groups -OCH3 is 1. The van der Waals surface area contributed by atoms with Gasteiger partial charge < -0.3 is 4.74 Å². The smallest absolute Gasteiger partial charge is 0.329 e. The molecule has 112 valence electrons. The molecule has 0 amide bonds. The van der Waals surface area contributed by atoms with E-state index in [4.69, 9.17) is 16.3 Å². The van der Waals surface area contributed by atoms with Crippen LogP contribution in [0.5, 0.6) is 0 Å². The van der Waals surface area contributed by atoms with E-state index in [-0.39, 0.29) is 22.7 Å². The van der Waals surface area contributed by atoms with Crippen LogP contribution in [0.4, 0.5) is 0 Å². The molecule has 0 spiro atoms. The van der Waals surface area contributed by atoms with Gasteiger partial charge in [0.2, 0.25) is 0 Å². The Morgan fingerprint density at radius 2 is 2.05 bits per heavy atom. The Bertz CT molecular complexity index is 573. The average molecular weight is 301 g/mol. The van der Waals surface area contributed by atoms with Gasteiger partial charge in [-0.1, -0.05) is 31.4 Å². The van der Waals surface area contributed by atoms with Crippen molar-refractivity contribution in [3.63, 3.8) is 0 Å². The van der Waals surface area contributed by atoms with Gasteiger partial charge in [0, 0.05) is 7.11 Å². The van der Waals surface area contributed by atoms with Crippen molar-refractivity contribution in [2.24, 2.45) is 0 Å². The third-order valence-corrected chi connectivity index (χ3v) is 4.38. The highest BCUT2D eigenvalue weighted by Gasteiger charge is 2.26. The number of nitrogens with zero attached hydrogens (tertiary/aromatic N) is 1. The number of ether oxygens (including phenoxy) is 1. The van der Waals surface area contributed by atoms with E-state index in [1.54, 1.807) is 7.11 Å². The molecule has 1 fully saturated rings. The largest absolute Gasteiger partial charge is 0.383 e. The van der Waals surface area contributed by atoms with E-state index in [0.29, 0.717) is 18.6 Å². The summed E-state index contributed by atoms with van der Waals surface area (Å²) in [5.41, 5.74) is -0.140. The van der Waals surface area contributed by atoms with Gasteiger partial charge in [-0.25, -0.2) is 4.79 Å². The highest BCUT2D eigenvalue weighted by atomic mass is 35.5. The second kappa shape index (κ2) is 6.59.